The standard InChI is InChI=1S/C11H11NO3/c1-15-10-5-4-9(11(13)14)7-8(10)3-2-6-12/h4-5,7H,6,12H2,1H3,(H,13,14). The van der Waals surface area contributed by atoms with Crippen molar-refractivity contribution in [2.45, 2.75) is 0 Å². The molecule has 0 aromatic heterocycles. The van der Waals surface area contributed by atoms with Gasteiger partial charge in [-0.1, -0.05) is 11.8 Å². The van der Waals surface area contributed by atoms with Crippen LogP contribution in [0, 0.1) is 11.8 Å². The summed E-state index contributed by atoms with van der Waals surface area (Å²) in [7, 11) is 1.50. The lowest BCUT2D eigenvalue weighted by atomic mass is 10.1. The third kappa shape index (κ3) is 2.73. The molecule has 1 rings (SSSR count). The highest BCUT2D eigenvalue weighted by molar-refractivity contribution is 5.88. The molecule has 1 aromatic rings. The Morgan fingerprint density at radius 2 is 2.33 bits per heavy atom. The molecule has 0 aliphatic heterocycles. The molecule has 0 radical (unpaired) electrons. The van der Waals surface area contributed by atoms with Crippen LogP contribution in [0.2, 0.25) is 0 Å². The summed E-state index contributed by atoms with van der Waals surface area (Å²) in [6.07, 6.45) is 0. The van der Waals surface area contributed by atoms with E-state index in [2.05, 4.69) is 11.8 Å². The Bertz CT molecular complexity index is 429. The van der Waals surface area contributed by atoms with Gasteiger partial charge < -0.3 is 15.6 Å². The Balaban J connectivity index is 3.19. The van der Waals surface area contributed by atoms with Crippen LogP contribution in [0.1, 0.15) is 15.9 Å². The summed E-state index contributed by atoms with van der Waals surface area (Å²) in [4.78, 5) is 10.7. The first-order valence-electron chi connectivity index (χ1n) is 4.29. The molecule has 1 aromatic carbocycles. The van der Waals surface area contributed by atoms with E-state index in [9.17, 15) is 4.79 Å². The van der Waals surface area contributed by atoms with Crippen LogP contribution in [0.4, 0.5) is 0 Å². The predicted octanol–water partition coefficient (Wildman–Crippen LogP) is 0.704. The first kappa shape index (κ1) is 11.1. The molecule has 0 saturated heterocycles. The molecule has 4 heteroatoms. The minimum atomic E-state index is -0.992. The number of aromatic carboxylic acids is 1. The van der Waals surface area contributed by atoms with E-state index in [1.54, 1.807) is 6.07 Å². The predicted molar refractivity (Wildman–Crippen MR) is 55.9 cm³/mol. The van der Waals surface area contributed by atoms with Crippen LogP contribution in [-0.4, -0.2) is 24.7 Å². The molecule has 0 aliphatic rings. The number of carboxylic acid groups (broad SMARTS) is 1. The van der Waals surface area contributed by atoms with Crippen LogP contribution in [0.15, 0.2) is 18.2 Å². The highest BCUT2D eigenvalue weighted by atomic mass is 16.5. The van der Waals surface area contributed by atoms with E-state index < -0.39 is 5.97 Å². The maximum absolute atomic E-state index is 10.7. The van der Waals surface area contributed by atoms with Crippen molar-refractivity contribution < 1.29 is 14.6 Å². The highest BCUT2D eigenvalue weighted by Gasteiger charge is 2.06. The van der Waals surface area contributed by atoms with Gasteiger partial charge in [0.1, 0.15) is 5.75 Å². The van der Waals surface area contributed by atoms with Crippen LogP contribution in [0.3, 0.4) is 0 Å². The van der Waals surface area contributed by atoms with Crippen molar-refractivity contribution in [1.29, 1.82) is 0 Å². The molecule has 0 fully saturated rings. The normalized spacial score (nSPS) is 8.93. The lowest BCUT2D eigenvalue weighted by Gasteiger charge is -2.03. The summed E-state index contributed by atoms with van der Waals surface area (Å²) >= 11 is 0. The van der Waals surface area contributed by atoms with Crippen molar-refractivity contribution in [3.63, 3.8) is 0 Å². The number of hydrogen-bond acceptors (Lipinski definition) is 3. The van der Waals surface area contributed by atoms with Gasteiger partial charge >= 0.3 is 5.97 Å². The fourth-order valence-electron chi connectivity index (χ4n) is 1.08. The number of nitrogens with two attached hydrogens (primary N) is 1. The molecule has 0 unspecified atom stereocenters. The van der Waals surface area contributed by atoms with E-state index in [0.717, 1.165) is 0 Å². The SMILES string of the molecule is COc1ccc(C(=O)O)cc1C#CCN. The Labute approximate surface area is 87.7 Å². The minimum absolute atomic E-state index is 0.178. The Hall–Kier alpha value is -1.99. The largest absolute Gasteiger partial charge is 0.495 e. The number of methoxy groups -OCH3 is 1. The number of hydrogen-bond donors (Lipinski definition) is 2. The summed E-state index contributed by atoms with van der Waals surface area (Å²) in [6, 6.07) is 4.50. The van der Waals surface area contributed by atoms with Crippen LogP contribution in [-0.2, 0) is 0 Å². The summed E-state index contributed by atoms with van der Waals surface area (Å²) < 4.78 is 5.04. The average Bonchev–Trinajstić information content (AvgIpc) is 2.25. The van der Waals surface area contributed by atoms with Gasteiger partial charge in [0.05, 0.1) is 24.8 Å². The van der Waals surface area contributed by atoms with Crippen LogP contribution < -0.4 is 10.5 Å². The topological polar surface area (TPSA) is 72.5 Å². The zero-order valence-corrected chi connectivity index (χ0v) is 8.28. The van der Waals surface area contributed by atoms with Gasteiger partial charge in [-0.2, -0.15) is 0 Å². The van der Waals surface area contributed by atoms with Gasteiger partial charge in [0, 0.05) is 0 Å². The van der Waals surface area contributed by atoms with Crippen LogP contribution in [0.25, 0.3) is 0 Å². The zero-order valence-electron chi connectivity index (χ0n) is 8.28. The summed E-state index contributed by atoms with van der Waals surface area (Å²) in [5, 5.41) is 8.78. The lowest BCUT2D eigenvalue weighted by molar-refractivity contribution is 0.0697. The van der Waals surface area contributed by atoms with Crippen molar-refractivity contribution in [2.24, 2.45) is 5.73 Å². The van der Waals surface area contributed by atoms with E-state index in [-0.39, 0.29) is 12.1 Å². The van der Waals surface area contributed by atoms with Crippen molar-refractivity contribution in [1.82, 2.24) is 0 Å². The Kier molecular flexibility index (Phi) is 3.72. The fourth-order valence-corrected chi connectivity index (χ4v) is 1.08. The number of carbonyl (C=O) groups is 1. The van der Waals surface area contributed by atoms with Gasteiger partial charge in [0.15, 0.2) is 0 Å². The third-order valence-corrected chi connectivity index (χ3v) is 1.77. The van der Waals surface area contributed by atoms with Crippen LogP contribution >= 0.6 is 0 Å². The molecule has 4 nitrogen and oxygen atoms in total. The molecular formula is C11H11NO3. The Morgan fingerprint density at radius 3 is 2.87 bits per heavy atom. The summed E-state index contributed by atoms with van der Waals surface area (Å²) in [5.41, 5.74) is 5.94. The Morgan fingerprint density at radius 1 is 1.60 bits per heavy atom. The van der Waals surface area contributed by atoms with E-state index in [4.69, 9.17) is 15.6 Å². The number of carboxylic acids is 1. The van der Waals surface area contributed by atoms with Gasteiger partial charge in [-0.25, -0.2) is 4.79 Å². The van der Waals surface area contributed by atoms with Gasteiger partial charge in [-0.05, 0) is 18.2 Å². The van der Waals surface area contributed by atoms with E-state index in [1.165, 1.54) is 19.2 Å². The highest BCUT2D eigenvalue weighted by Crippen LogP contribution is 2.18. The molecular weight excluding hydrogens is 194 g/mol. The first-order chi connectivity index (χ1) is 7.19. The zero-order chi connectivity index (χ0) is 11.3. The van der Waals surface area contributed by atoms with Crippen molar-refractivity contribution >= 4 is 5.97 Å². The summed E-state index contributed by atoms with van der Waals surface area (Å²) in [5.74, 6) is 4.96. The van der Waals surface area contributed by atoms with Crippen molar-refractivity contribution in [2.75, 3.05) is 13.7 Å². The second kappa shape index (κ2) is 5.03. The molecule has 0 amide bonds. The summed E-state index contributed by atoms with van der Waals surface area (Å²) in [6.45, 7) is 0.223. The molecule has 78 valence electrons. The van der Waals surface area contributed by atoms with E-state index in [0.29, 0.717) is 11.3 Å². The van der Waals surface area contributed by atoms with Crippen molar-refractivity contribution in [3.8, 4) is 17.6 Å². The van der Waals surface area contributed by atoms with Gasteiger partial charge in [-0.15, -0.1) is 0 Å². The smallest absolute Gasteiger partial charge is 0.335 e. The number of benzene rings is 1. The third-order valence-electron chi connectivity index (χ3n) is 1.77. The fraction of sp³-hybridized carbons (Fsp3) is 0.182. The average molecular weight is 205 g/mol. The minimum Gasteiger partial charge on any atom is -0.495 e. The van der Waals surface area contributed by atoms with E-state index in [1.807, 2.05) is 0 Å². The second-order valence-corrected chi connectivity index (χ2v) is 2.73. The quantitative estimate of drug-likeness (QED) is 0.697. The molecule has 3 N–H and O–H groups in total. The maximum Gasteiger partial charge on any atom is 0.335 e. The second-order valence-electron chi connectivity index (χ2n) is 2.73. The van der Waals surface area contributed by atoms with Crippen LogP contribution in [0.5, 0.6) is 5.75 Å². The number of ether oxygens (including phenoxy) is 1. The molecule has 0 heterocycles. The molecule has 0 saturated carbocycles. The first-order valence-corrected chi connectivity index (χ1v) is 4.29. The number of rotatable bonds is 2. The molecule has 0 bridgehead atoms. The molecule has 0 atom stereocenters. The lowest BCUT2D eigenvalue weighted by Crippen LogP contribution is -1.98. The molecule has 0 aliphatic carbocycles. The van der Waals surface area contributed by atoms with E-state index >= 15 is 0 Å². The van der Waals surface area contributed by atoms with Gasteiger partial charge in [0.2, 0.25) is 0 Å². The molecule has 15 heavy (non-hydrogen) atoms. The maximum atomic E-state index is 10.7. The van der Waals surface area contributed by atoms with Crippen molar-refractivity contribution in [3.05, 3.63) is 29.3 Å². The molecule has 0 spiro atoms. The monoisotopic (exact) mass is 205 g/mol. The van der Waals surface area contributed by atoms with Gasteiger partial charge in [-0.3, -0.25) is 0 Å². The van der Waals surface area contributed by atoms with Gasteiger partial charge in [0.25, 0.3) is 0 Å².